The number of para-hydroxylation sites is 2. The third kappa shape index (κ3) is 4.57. The van der Waals surface area contributed by atoms with Gasteiger partial charge in [-0.15, -0.1) is 0 Å². The molecule has 0 saturated heterocycles. The van der Waals surface area contributed by atoms with Gasteiger partial charge in [0.1, 0.15) is 5.65 Å². The number of nitrogens with zero attached hydrogens (tertiary/aromatic N) is 4. The smallest absolute Gasteiger partial charge is 0.146 e. The van der Waals surface area contributed by atoms with E-state index in [1.807, 2.05) is 0 Å². The summed E-state index contributed by atoms with van der Waals surface area (Å²) < 4.78 is 5.06. The van der Waals surface area contributed by atoms with Crippen molar-refractivity contribution in [3.05, 3.63) is 169 Å². The second kappa shape index (κ2) is 11.8. The molecule has 0 amide bonds. The van der Waals surface area contributed by atoms with Crippen molar-refractivity contribution in [3.63, 3.8) is 0 Å². The van der Waals surface area contributed by atoms with Crippen LogP contribution in [0.4, 0.5) is 17.1 Å². The first kappa shape index (κ1) is 34.7. The van der Waals surface area contributed by atoms with Gasteiger partial charge in [0, 0.05) is 59.9 Å². The summed E-state index contributed by atoms with van der Waals surface area (Å²) in [6, 6.07) is 56.4. The first-order chi connectivity index (χ1) is 29.6. The normalized spacial score (nSPS) is 13.1. The van der Waals surface area contributed by atoms with Gasteiger partial charge in [-0.25, -0.2) is 4.98 Å². The number of aromatic nitrogens is 3. The molecule has 61 heavy (non-hydrogen) atoms. The van der Waals surface area contributed by atoms with Crippen LogP contribution < -0.4 is 4.90 Å². The average Bonchev–Trinajstić information content (AvgIpc) is 3.99. The van der Waals surface area contributed by atoms with Crippen LogP contribution >= 0.6 is 0 Å². The van der Waals surface area contributed by atoms with Crippen molar-refractivity contribution in [2.24, 2.45) is 0 Å². The maximum absolute atomic E-state index is 5.59. The van der Waals surface area contributed by atoms with Gasteiger partial charge in [0.05, 0.1) is 39.5 Å². The molecule has 13 rings (SSSR count). The van der Waals surface area contributed by atoms with Crippen LogP contribution in [-0.4, -0.2) is 13.8 Å². The van der Waals surface area contributed by atoms with E-state index in [-0.39, 0.29) is 10.8 Å². The molecule has 0 spiro atoms. The lowest BCUT2D eigenvalue weighted by Gasteiger charge is -2.29. The van der Waals surface area contributed by atoms with E-state index >= 15 is 0 Å². The summed E-state index contributed by atoms with van der Waals surface area (Å²) in [5.41, 5.74) is 12.9. The number of hydrogen-bond acceptors (Lipinski definition) is 2. The minimum absolute atomic E-state index is 0.0841. The van der Waals surface area contributed by atoms with E-state index in [4.69, 9.17) is 4.98 Å². The summed E-state index contributed by atoms with van der Waals surface area (Å²) in [6.07, 6.45) is 2.18. The Balaban J connectivity index is 1.29. The number of benzene rings is 8. The lowest BCUT2D eigenvalue weighted by atomic mass is 9.84. The standard InChI is InChI=1S/C57H44N4/c1-56(2,3)35-28-42-43-29-36(57(4,5)6)31-46(59(37-19-9-7-10-20-37)38-21-11-8-12-22-38)53(43)60-47-32-58-55-50(49(47)45(30-35)52(42)60)44-27-34-18-14-15-23-39(34)48-41-26-25-33-17-13-16-24-40(33)51(41)61(55)54(44)48/h7-32H,1-6H3. The molecule has 0 atom stereocenters. The van der Waals surface area contributed by atoms with E-state index in [9.17, 15) is 0 Å². The van der Waals surface area contributed by atoms with Crippen molar-refractivity contribution in [1.82, 2.24) is 13.8 Å². The molecular weight excluding hydrogens is 741 g/mol. The number of rotatable bonds is 3. The Hall–Kier alpha value is -7.17. The first-order valence-electron chi connectivity index (χ1n) is 21.6. The minimum Gasteiger partial charge on any atom is -0.308 e. The Kier molecular flexibility index (Phi) is 6.69. The van der Waals surface area contributed by atoms with Gasteiger partial charge in [-0.05, 0) is 92.7 Å². The number of pyridine rings is 1. The summed E-state index contributed by atoms with van der Waals surface area (Å²) >= 11 is 0. The van der Waals surface area contributed by atoms with Gasteiger partial charge in [0.2, 0.25) is 0 Å². The molecule has 0 aliphatic heterocycles. The molecule has 5 aromatic heterocycles. The quantitative estimate of drug-likeness (QED) is 0.178. The van der Waals surface area contributed by atoms with Crippen molar-refractivity contribution in [1.29, 1.82) is 0 Å². The summed E-state index contributed by atoms with van der Waals surface area (Å²) in [5, 5.41) is 15.2. The van der Waals surface area contributed by atoms with Crippen molar-refractivity contribution in [2.45, 2.75) is 52.4 Å². The summed E-state index contributed by atoms with van der Waals surface area (Å²) in [4.78, 5) is 8.05. The average molecular weight is 785 g/mol. The van der Waals surface area contributed by atoms with E-state index < -0.39 is 0 Å². The van der Waals surface area contributed by atoms with Crippen LogP contribution in [0.15, 0.2) is 158 Å². The van der Waals surface area contributed by atoms with Crippen LogP contribution in [0.3, 0.4) is 0 Å². The zero-order valence-electron chi connectivity index (χ0n) is 35.3. The fourth-order valence-electron chi connectivity index (χ4n) is 10.7. The van der Waals surface area contributed by atoms with Gasteiger partial charge in [-0.3, -0.25) is 4.40 Å². The van der Waals surface area contributed by atoms with Gasteiger partial charge in [-0.2, -0.15) is 0 Å². The largest absolute Gasteiger partial charge is 0.308 e. The SMILES string of the molecule is CC(C)(C)c1cc(N(c2ccccc2)c2ccccc2)c2c(c1)c1cc(C(C)(C)C)cc3c4c5c6cc7ccccc7c7c8ccc9ccccc9c8n(c5ncc4n2c13)c67. The van der Waals surface area contributed by atoms with Gasteiger partial charge in [0.15, 0.2) is 0 Å². The monoisotopic (exact) mass is 784 g/mol. The van der Waals surface area contributed by atoms with E-state index in [0.717, 1.165) is 28.2 Å². The molecular formula is C57H44N4. The van der Waals surface area contributed by atoms with Crippen LogP contribution in [0.2, 0.25) is 0 Å². The molecule has 8 aromatic carbocycles. The predicted octanol–water partition coefficient (Wildman–Crippen LogP) is 15.8. The van der Waals surface area contributed by atoms with Gasteiger partial charge in [-0.1, -0.05) is 139 Å². The fraction of sp³-hybridized carbons (Fsp3) is 0.140. The molecule has 0 unspecified atom stereocenters. The van der Waals surface area contributed by atoms with Crippen molar-refractivity contribution in [3.8, 4) is 0 Å². The van der Waals surface area contributed by atoms with Gasteiger partial charge >= 0.3 is 0 Å². The van der Waals surface area contributed by atoms with Crippen molar-refractivity contribution < 1.29 is 0 Å². The molecule has 0 bridgehead atoms. The van der Waals surface area contributed by atoms with Crippen LogP contribution in [0, 0.1) is 0 Å². The lowest BCUT2D eigenvalue weighted by Crippen LogP contribution is -2.15. The number of anilines is 3. The highest BCUT2D eigenvalue weighted by Crippen LogP contribution is 2.52. The number of fused-ring (bicyclic) bond motifs is 17. The van der Waals surface area contributed by atoms with E-state index in [2.05, 4.69) is 213 Å². The summed E-state index contributed by atoms with van der Waals surface area (Å²) in [7, 11) is 0. The van der Waals surface area contributed by atoms with Crippen molar-refractivity contribution >= 4 is 115 Å². The third-order valence-corrected chi connectivity index (χ3v) is 13.6. The van der Waals surface area contributed by atoms with Crippen LogP contribution in [0.25, 0.3) is 97.9 Å². The van der Waals surface area contributed by atoms with Crippen molar-refractivity contribution in [2.75, 3.05) is 4.90 Å². The molecule has 0 saturated carbocycles. The van der Waals surface area contributed by atoms with Gasteiger partial charge < -0.3 is 9.30 Å². The minimum atomic E-state index is -0.0901. The zero-order chi connectivity index (χ0) is 41.1. The Labute approximate surface area is 353 Å². The summed E-state index contributed by atoms with van der Waals surface area (Å²) in [6.45, 7) is 14.0. The lowest BCUT2D eigenvalue weighted by molar-refractivity contribution is 0.591. The second-order valence-electron chi connectivity index (χ2n) is 19.3. The summed E-state index contributed by atoms with van der Waals surface area (Å²) in [5.74, 6) is 0. The maximum atomic E-state index is 5.59. The highest BCUT2D eigenvalue weighted by molar-refractivity contribution is 6.39. The Morgan fingerprint density at radius 2 is 0.967 bits per heavy atom. The molecule has 4 nitrogen and oxygen atoms in total. The third-order valence-electron chi connectivity index (χ3n) is 13.6. The maximum Gasteiger partial charge on any atom is 0.146 e. The second-order valence-corrected chi connectivity index (χ2v) is 19.3. The predicted molar refractivity (Wildman–Crippen MR) is 261 cm³/mol. The van der Waals surface area contributed by atoms with E-state index in [1.165, 1.54) is 97.8 Å². The highest BCUT2D eigenvalue weighted by atomic mass is 15.2. The molecule has 0 radical (unpaired) electrons. The Morgan fingerprint density at radius 1 is 0.410 bits per heavy atom. The molecule has 0 N–H and O–H groups in total. The fourth-order valence-corrected chi connectivity index (χ4v) is 10.7. The van der Waals surface area contributed by atoms with Gasteiger partial charge in [0.25, 0.3) is 0 Å². The molecule has 0 fully saturated rings. The Morgan fingerprint density at radius 3 is 1.66 bits per heavy atom. The molecule has 5 heterocycles. The zero-order valence-corrected chi connectivity index (χ0v) is 35.3. The van der Waals surface area contributed by atoms with E-state index in [0.29, 0.717) is 0 Å². The molecule has 292 valence electrons. The first-order valence-corrected chi connectivity index (χ1v) is 21.6. The van der Waals surface area contributed by atoms with Crippen LogP contribution in [-0.2, 0) is 10.8 Å². The highest BCUT2D eigenvalue weighted by Gasteiger charge is 2.31. The van der Waals surface area contributed by atoms with Crippen LogP contribution in [0.5, 0.6) is 0 Å². The molecule has 0 aliphatic rings. The Bertz CT molecular complexity index is 3890. The van der Waals surface area contributed by atoms with E-state index in [1.54, 1.807) is 0 Å². The number of hydrogen-bond donors (Lipinski definition) is 0. The molecule has 4 heteroatoms. The topological polar surface area (TPSA) is 24.9 Å². The van der Waals surface area contributed by atoms with Crippen LogP contribution in [0.1, 0.15) is 52.7 Å². The molecule has 13 aromatic rings. The molecule has 0 aliphatic carbocycles.